The van der Waals surface area contributed by atoms with E-state index >= 15 is 0 Å². The first-order chi connectivity index (χ1) is 33.6. The second-order valence-corrected chi connectivity index (χ2v) is 16.0. The fourth-order valence-electron chi connectivity index (χ4n) is 6.94. The van der Waals surface area contributed by atoms with Crippen LogP contribution < -0.4 is 15.4 Å². The van der Waals surface area contributed by atoms with Gasteiger partial charge in [-0.2, -0.15) is 0 Å². The van der Waals surface area contributed by atoms with Gasteiger partial charge in [0.25, 0.3) is 0 Å². The van der Waals surface area contributed by atoms with Crippen molar-refractivity contribution in [3.8, 4) is 0 Å². The summed E-state index contributed by atoms with van der Waals surface area (Å²) in [6, 6.07) is 6.57. The van der Waals surface area contributed by atoms with E-state index in [4.69, 9.17) is 14.0 Å². The normalized spacial score (nSPS) is 10.9. The summed E-state index contributed by atoms with van der Waals surface area (Å²) in [5.41, 5.74) is -1.06. The van der Waals surface area contributed by atoms with Crippen molar-refractivity contribution >= 4 is 64.6 Å². The predicted molar refractivity (Wildman–Crippen MR) is 232 cm³/mol. The van der Waals surface area contributed by atoms with Gasteiger partial charge in [-0.15, -0.1) is 10.2 Å². The molecule has 3 aromatic rings. The van der Waals surface area contributed by atoms with E-state index in [9.17, 15) is 77.8 Å². The van der Waals surface area contributed by atoms with Gasteiger partial charge in [0.1, 0.15) is 13.1 Å². The molecule has 1 aromatic carbocycles. The molecule has 0 saturated heterocycles. The van der Waals surface area contributed by atoms with Crippen LogP contribution in [-0.4, -0.2) is 140 Å². The Morgan fingerprint density at radius 3 is 1.17 bits per heavy atom. The van der Waals surface area contributed by atoms with Crippen molar-refractivity contribution in [2.24, 2.45) is 0 Å². The Hall–Kier alpha value is -6.99. The number of carbonyl (C=O) groups excluding carboxylic acids is 2. The fourth-order valence-corrected chi connectivity index (χ4v) is 7.27. The molecule has 1 atom stereocenters. The summed E-state index contributed by atoms with van der Waals surface area (Å²) >= 11 is -2.53. The van der Waals surface area contributed by atoms with Gasteiger partial charge in [-0.25, -0.2) is 9.36 Å². The third-order valence-electron chi connectivity index (χ3n) is 10.1. The van der Waals surface area contributed by atoms with E-state index in [-0.39, 0.29) is 72.0 Å². The number of hydrogen-bond acceptors (Lipinski definition) is 15. The number of anilines is 1. The van der Waals surface area contributed by atoms with Crippen LogP contribution in [0, 0.1) is 20.0 Å². The minimum Gasteiger partial charge on any atom is 0 e. The number of aromatic nitrogens is 6. The summed E-state index contributed by atoms with van der Waals surface area (Å²) < 4.78 is 49.2. The fraction of sp³-hybridized carbons (Fsp3) is 0.488. The molecule has 2 amide bonds. The number of rotatable bonds is 33. The van der Waals surface area contributed by atoms with Crippen molar-refractivity contribution in [2.75, 3.05) is 11.3 Å². The van der Waals surface area contributed by atoms with Gasteiger partial charge >= 0.3 is 69.7 Å². The molecule has 0 spiro atoms. The molecule has 1 unspecified atom stereocenters. The van der Waals surface area contributed by atoms with Crippen LogP contribution in [0.15, 0.2) is 36.7 Å². The van der Waals surface area contributed by atoms with Crippen LogP contribution in [0.2, 0.25) is 0 Å². The van der Waals surface area contributed by atoms with Crippen LogP contribution in [0.3, 0.4) is 0 Å². The summed E-state index contributed by atoms with van der Waals surface area (Å²) in [6.45, 7) is 13.1. The Morgan fingerprint density at radius 1 is 0.583 bits per heavy atom. The first-order valence-corrected chi connectivity index (χ1v) is 21.7. The zero-order chi connectivity index (χ0) is 54.2. The molecule has 0 aliphatic heterocycles. The first kappa shape index (κ1) is 67.1. The smallest absolute Gasteiger partial charge is 0 e. The minimum absolute atomic E-state index is 0. The molecule has 2 aromatic heterocycles. The Bertz CT molecular complexity index is 2100. The topological polar surface area (TPSA) is 459 Å². The molecule has 0 bridgehead atoms. The Balaban J connectivity index is 0. The van der Waals surface area contributed by atoms with Crippen molar-refractivity contribution in [3.63, 3.8) is 0 Å². The van der Waals surface area contributed by atoms with Gasteiger partial charge in [0.2, 0.25) is 11.8 Å². The second kappa shape index (κ2) is 36.0. The van der Waals surface area contributed by atoms with Gasteiger partial charge < -0.3 is 50.5 Å². The number of nitrogens with one attached hydrogen (secondary N) is 3. The summed E-state index contributed by atoms with van der Waals surface area (Å²) in [7, 11) is 0. The molecule has 3 rings (SSSR count). The van der Waals surface area contributed by atoms with Crippen molar-refractivity contribution in [1.82, 2.24) is 45.5 Å². The van der Waals surface area contributed by atoms with Crippen LogP contribution in [-0.2, 0) is 117 Å². The number of carboxylic acid groups (broad SMARTS) is 6. The Morgan fingerprint density at radius 2 is 0.889 bits per heavy atom. The van der Waals surface area contributed by atoms with Gasteiger partial charge in [0.05, 0.1) is 23.8 Å². The van der Waals surface area contributed by atoms with E-state index in [0.29, 0.717) is 30.0 Å². The van der Waals surface area contributed by atoms with Crippen molar-refractivity contribution in [1.29, 1.82) is 0 Å². The SMILES string of the molecule is O=C(O)CCC(CCC(=O)O)(CCC(=O)O)NC(=O)Cn1cc(CN(CCc2ccc(NS(=O)[O-])cc2)Cc2cn(CC(=O)NC(CCC(=O)O)(CCC(=O)O)CCC(=O)O)nn2)nn1.[C-]#[O+].[C-]#[O+].[C-]#[O+].[Re]. The maximum Gasteiger partial charge on any atom is 0 e. The predicted octanol–water partition coefficient (Wildman–Crippen LogP) is 0.104. The number of amides is 2. The van der Waals surface area contributed by atoms with Crippen LogP contribution in [0.25, 0.3) is 0 Å². The van der Waals surface area contributed by atoms with Crippen molar-refractivity contribution < 1.29 is 112 Å². The van der Waals surface area contributed by atoms with E-state index in [1.54, 1.807) is 24.3 Å². The molecular formula is C41H51N10O19ReS-. The Kier molecular flexibility index (Phi) is 33.6. The van der Waals surface area contributed by atoms with Gasteiger partial charge in [-0.3, -0.25) is 47.5 Å². The third-order valence-corrected chi connectivity index (χ3v) is 10.5. The molecule has 72 heavy (non-hydrogen) atoms. The molecular weight excluding hydrogens is 1150 g/mol. The van der Waals surface area contributed by atoms with Gasteiger partial charge in [-0.1, -0.05) is 22.6 Å². The molecule has 0 saturated carbocycles. The third kappa shape index (κ3) is 28.6. The van der Waals surface area contributed by atoms with Crippen LogP contribution in [0.1, 0.15) is 94.0 Å². The number of nitrogens with zero attached hydrogens (tertiary/aromatic N) is 7. The number of carboxylic acids is 6. The molecule has 31 heteroatoms. The molecule has 29 nitrogen and oxygen atoms in total. The summed E-state index contributed by atoms with van der Waals surface area (Å²) in [6.07, 6.45) is -0.859. The van der Waals surface area contributed by atoms with Crippen molar-refractivity contribution in [2.45, 2.75) is 121 Å². The average molecular weight is 1210 g/mol. The summed E-state index contributed by atoms with van der Waals surface area (Å²) in [4.78, 5) is 97.0. The quantitative estimate of drug-likeness (QED) is 0.0222. The van der Waals surface area contributed by atoms with Crippen molar-refractivity contribution in [3.05, 3.63) is 73.6 Å². The zero-order valence-electron chi connectivity index (χ0n) is 38.1. The largest absolute Gasteiger partial charge is 0 e. The summed E-state index contributed by atoms with van der Waals surface area (Å²) in [5.74, 6) is -8.78. The molecule has 0 aliphatic rings. The standard InChI is InChI=1S/C38H52N10O16S.3CO.Re/c49-29(39-37(12-5-31(51)52,13-6-32(53)54)14-7-33(55)56)23-47-21-27(41-44-47)19-46(18-11-25-1-3-26(4-2-25)43-65(63)64)20-28-22-48(45-42-28)24-30(50)40-38(15-8-34(57)58,16-9-35(59)60)17-10-36(61)62;3*1-2;/h1-4,21-22,43H,5-20,23-24H2,(H,39,49)(H,40,50)(H,51,52)(H,53,54)(H,55,56)(H,57,58)(H,59,60)(H,61,62)(H,63,64);;;;/p-1. The maximum atomic E-state index is 13.3. The molecule has 2 heterocycles. The second-order valence-electron chi connectivity index (χ2n) is 15.3. The van der Waals surface area contributed by atoms with E-state index in [1.807, 2.05) is 4.90 Å². The van der Waals surface area contributed by atoms with Crippen LogP contribution in [0.5, 0.6) is 0 Å². The first-order valence-electron chi connectivity index (χ1n) is 20.6. The zero-order valence-corrected chi connectivity index (χ0v) is 41.6. The van der Waals surface area contributed by atoms with Gasteiger partial charge in [-0.05, 0) is 62.6 Å². The van der Waals surface area contributed by atoms with Crippen LogP contribution in [0.4, 0.5) is 5.69 Å². The van der Waals surface area contributed by atoms with Gasteiger partial charge in [0, 0.05) is 107 Å². The van der Waals surface area contributed by atoms with E-state index in [2.05, 4.69) is 55.9 Å². The molecule has 9 N–H and O–H groups in total. The minimum atomic E-state index is -2.53. The average Bonchev–Trinajstić information content (AvgIpc) is 3.96. The summed E-state index contributed by atoms with van der Waals surface area (Å²) in [5, 5.41) is 77.5. The molecule has 393 valence electrons. The maximum absolute atomic E-state index is 13.3. The van der Waals surface area contributed by atoms with E-state index in [0.717, 1.165) is 5.56 Å². The molecule has 0 fully saturated rings. The van der Waals surface area contributed by atoms with E-state index in [1.165, 1.54) is 21.8 Å². The van der Waals surface area contributed by atoms with E-state index < -0.39 is 122 Å². The van der Waals surface area contributed by atoms with Crippen LogP contribution >= 0.6 is 0 Å². The number of hydrogen-bond donors (Lipinski definition) is 9. The molecule has 1 radical (unpaired) electrons. The molecule has 0 aliphatic carbocycles. The van der Waals surface area contributed by atoms with Gasteiger partial charge in [0.15, 0.2) is 0 Å². The number of benzene rings is 1. The number of aliphatic carboxylic acids is 6. The number of carbonyl (C=O) groups is 8. The Labute approximate surface area is 426 Å². The monoisotopic (exact) mass is 1210 g/mol.